The molecule has 0 bridgehead atoms. The predicted octanol–water partition coefficient (Wildman–Crippen LogP) is 3.88. The number of esters is 1. The van der Waals surface area contributed by atoms with Crippen LogP contribution >= 0.6 is 0 Å². The minimum Gasteiger partial charge on any atom is -0.450 e. The molecule has 1 amide bonds. The summed E-state index contributed by atoms with van der Waals surface area (Å²) in [6.45, 7) is 8.43. The van der Waals surface area contributed by atoms with Gasteiger partial charge in [0, 0.05) is 31.0 Å². The predicted molar refractivity (Wildman–Crippen MR) is 115 cm³/mol. The molecule has 2 atom stereocenters. The Balaban J connectivity index is 1.54. The van der Waals surface area contributed by atoms with E-state index in [4.69, 9.17) is 9.47 Å². The summed E-state index contributed by atoms with van der Waals surface area (Å²) < 4.78 is 10.9. The molecule has 1 aromatic heterocycles. The smallest absolute Gasteiger partial charge is 0.407 e. The van der Waals surface area contributed by atoms with Crippen LogP contribution in [-0.2, 0) is 16.1 Å². The quantitative estimate of drug-likeness (QED) is 0.524. The Hall–Kier alpha value is -3.09. The Morgan fingerprint density at radius 2 is 2.03 bits per heavy atom. The molecular weight excluding hydrogens is 382 g/mol. The highest BCUT2D eigenvalue weighted by atomic mass is 16.6. The van der Waals surface area contributed by atoms with Gasteiger partial charge in [-0.15, -0.1) is 0 Å². The fraction of sp³-hybridized carbons (Fsp3) is 0.435. The fourth-order valence-corrected chi connectivity index (χ4v) is 3.74. The molecule has 0 fully saturated rings. The summed E-state index contributed by atoms with van der Waals surface area (Å²) in [7, 11) is 0. The molecule has 30 heavy (non-hydrogen) atoms. The van der Waals surface area contributed by atoms with E-state index in [0.717, 1.165) is 30.0 Å². The van der Waals surface area contributed by atoms with Crippen molar-refractivity contribution in [2.75, 3.05) is 24.6 Å². The highest BCUT2D eigenvalue weighted by molar-refractivity contribution is 5.80. The van der Waals surface area contributed by atoms with E-state index in [1.165, 1.54) is 0 Å². The molecule has 2 aromatic rings. The van der Waals surface area contributed by atoms with Crippen LogP contribution in [-0.4, -0.2) is 36.7 Å². The summed E-state index contributed by atoms with van der Waals surface area (Å²) in [6.07, 6.45) is 1.55. The first-order chi connectivity index (χ1) is 14.5. The maximum Gasteiger partial charge on any atom is 0.407 e. The zero-order valence-electron chi connectivity index (χ0n) is 17.8. The highest BCUT2D eigenvalue weighted by Gasteiger charge is 2.35. The first-order valence-electron chi connectivity index (χ1n) is 10.4. The lowest BCUT2D eigenvalue weighted by Crippen LogP contribution is -2.33. The lowest BCUT2D eigenvalue weighted by Gasteiger charge is -2.31. The van der Waals surface area contributed by atoms with Crippen LogP contribution in [0.25, 0.3) is 0 Å². The molecule has 2 unspecified atom stereocenters. The van der Waals surface area contributed by atoms with Crippen molar-refractivity contribution in [3.63, 3.8) is 0 Å². The first kappa shape index (κ1) is 21.6. The molecule has 1 aliphatic heterocycles. The molecular formula is C23H29N3O4. The van der Waals surface area contributed by atoms with Crippen LogP contribution in [0.3, 0.4) is 0 Å². The van der Waals surface area contributed by atoms with E-state index in [0.29, 0.717) is 18.7 Å². The van der Waals surface area contributed by atoms with Gasteiger partial charge in [0.05, 0.1) is 24.8 Å². The lowest BCUT2D eigenvalue weighted by molar-refractivity contribution is -0.141. The third kappa shape index (κ3) is 5.09. The van der Waals surface area contributed by atoms with E-state index in [1.54, 1.807) is 6.20 Å². The Bertz CT molecular complexity index is 868. The largest absolute Gasteiger partial charge is 0.450 e. The van der Waals surface area contributed by atoms with Crippen molar-refractivity contribution in [1.82, 2.24) is 10.3 Å². The van der Waals surface area contributed by atoms with E-state index in [9.17, 15) is 9.59 Å². The number of alkyl carbamates (subject to hydrolysis) is 1. The number of hydrogen-bond donors (Lipinski definition) is 1. The molecule has 0 saturated heterocycles. The van der Waals surface area contributed by atoms with Gasteiger partial charge in [0.2, 0.25) is 0 Å². The number of nitrogens with zero attached hydrogens (tertiary/aromatic N) is 2. The second kappa shape index (κ2) is 10.1. The number of carbonyl (C=O) groups is 2. The Kier molecular flexibility index (Phi) is 7.27. The zero-order chi connectivity index (χ0) is 21.5. The maximum absolute atomic E-state index is 12.6. The fourth-order valence-electron chi connectivity index (χ4n) is 3.74. The molecule has 3 rings (SSSR count). The number of benzene rings is 1. The number of rotatable bonds is 8. The van der Waals surface area contributed by atoms with E-state index in [1.807, 2.05) is 37.3 Å². The number of amides is 1. The minimum absolute atomic E-state index is 0.00724. The number of carbonyl (C=O) groups excluding carboxylic acids is 2. The van der Waals surface area contributed by atoms with Gasteiger partial charge in [-0.2, -0.15) is 0 Å². The monoisotopic (exact) mass is 411 g/mol. The number of fused-ring (bicyclic) bond motifs is 1. The van der Waals surface area contributed by atoms with Crippen LogP contribution in [0.15, 0.2) is 42.6 Å². The Labute approximate surface area is 177 Å². The van der Waals surface area contributed by atoms with Crippen molar-refractivity contribution >= 4 is 17.7 Å². The number of aromatic nitrogens is 1. The Morgan fingerprint density at radius 1 is 1.23 bits per heavy atom. The van der Waals surface area contributed by atoms with Crippen molar-refractivity contribution in [1.29, 1.82) is 0 Å². The number of nitrogens with one attached hydrogen (secondary N) is 1. The SMILES string of the molecule is CCN(CC)c1ccc2c(c1)OC(=O)C(CCOC(=O)NCc1ccccn1)C2C. The third-order valence-electron chi connectivity index (χ3n) is 5.54. The van der Waals surface area contributed by atoms with Gasteiger partial charge in [0.15, 0.2) is 0 Å². The van der Waals surface area contributed by atoms with Crippen LogP contribution in [0.5, 0.6) is 5.75 Å². The first-order valence-corrected chi connectivity index (χ1v) is 10.4. The van der Waals surface area contributed by atoms with Gasteiger partial charge in [0.1, 0.15) is 5.75 Å². The van der Waals surface area contributed by atoms with Crippen molar-refractivity contribution < 1.29 is 19.1 Å². The lowest BCUT2D eigenvalue weighted by atomic mass is 9.83. The molecule has 1 N–H and O–H groups in total. The van der Waals surface area contributed by atoms with Gasteiger partial charge in [-0.3, -0.25) is 9.78 Å². The standard InChI is InChI=1S/C23H29N3O4/c1-4-26(5-2)18-9-10-19-16(3)20(22(27)30-21(19)14-18)11-13-29-23(28)25-15-17-8-6-7-12-24-17/h6-10,12,14,16,20H,4-5,11,13,15H2,1-3H3,(H,25,28). The number of hydrogen-bond acceptors (Lipinski definition) is 6. The van der Waals surface area contributed by atoms with E-state index < -0.39 is 6.09 Å². The molecule has 1 aliphatic rings. The van der Waals surface area contributed by atoms with Gasteiger partial charge in [-0.1, -0.05) is 19.1 Å². The summed E-state index contributed by atoms with van der Waals surface area (Å²) in [5.74, 6) is -0.000982. The van der Waals surface area contributed by atoms with Crippen LogP contribution < -0.4 is 15.0 Å². The van der Waals surface area contributed by atoms with Gasteiger partial charge in [-0.05, 0) is 49.9 Å². The van der Waals surface area contributed by atoms with Gasteiger partial charge in [-0.25, -0.2) is 4.79 Å². The van der Waals surface area contributed by atoms with Crippen molar-refractivity contribution in [3.8, 4) is 5.75 Å². The van der Waals surface area contributed by atoms with Gasteiger partial charge in [0.25, 0.3) is 0 Å². The molecule has 0 radical (unpaired) electrons. The number of ether oxygens (including phenoxy) is 2. The molecule has 7 heteroatoms. The maximum atomic E-state index is 12.6. The normalized spacial score (nSPS) is 17.6. The van der Waals surface area contributed by atoms with Crippen molar-refractivity contribution in [3.05, 3.63) is 53.9 Å². The van der Waals surface area contributed by atoms with Gasteiger partial charge >= 0.3 is 12.1 Å². The molecule has 0 spiro atoms. The second-order valence-corrected chi connectivity index (χ2v) is 7.31. The minimum atomic E-state index is -0.526. The average Bonchev–Trinajstić information content (AvgIpc) is 2.76. The molecule has 2 heterocycles. The van der Waals surface area contributed by atoms with Crippen molar-refractivity contribution in [2.45, 2.75) is 39.7 Å². The average molecular weight is 412 g/mol. The molecule has 1 aromatic carbocycles. The summed E-state index contributed by atoms with van der Waals surface area (Å²) in [5, 5.41) is 2.66. The second-order valence-electron chi connectivity index (χ2n) is 7.31. The van der Waals surface area contributed by atoms with Crippen LogP contribution in [0.1, 0.15) is 44.4 Å². The molecule has 7 nitrogen and oxygen atoms in total. The topological polar surface area (TPSA) is 80.8 Å². The van der Waals surface area contributed by atoms with Gasteiger partial charge < -0.3 is 19.7 Å². The number of anilines is 1. The highest BCUT2D eigenvalue weighted by Crippen LogP contribution is 2.40. The van der Waals surface area contributed by atoms with E-state index in [2.05, 4.69) is 35.1 Å². The molecule has 0 aliphatic carbocycles. The third-order valence-corrected chi connectivity index (χ3v) is 5.54. The summed E-state index contributed by atoms with van der Waals surface area (Å²) in [6, 6.07) is 11.5. The summed E-state index contributed by atoms with van der Waals surface area (Å²) in [4.78, 5) is 30.8. The molecule has 0 saturated carbocycles. The van der Waals surface area contributed by atoms with Crippen LogP contribution in [0, 0.1) is 5.92 Å². The summed E-state index contributed by atoms with van der Waals surface area (Å²) >= 11 is 0. The molecule has 160 valence electrons. The Morgan fingerprint density at radius 3 is 2.73 bits per heavy atom. The zero-order valence-corrected chi connectivity index (χ0v) is 17.8. The summed E-state index contributed by atoms with van der Waals surface area (Å²) in [5.41, 5.74) is 2.81. The van der Waals surface area contributed by atoms with E-state index >= 15 is 0 Å². The number of pyridine rings is 1. The van der Waals surface area contributed by atoms with Crippen LogP contribution in [0.2, 0.25) is 0 Å². The van der Waals surface area contributed by atoms with Crippen molar-refractivity contribution in [2.24, 2.45) is 5.92 Å². The van der Waals surface area contributed by atoms with Crippen LogP contribution in [0.4, 0.5) is 10.5 Å². The van der Waals surface area contributed by atoms with E-state index in [-0.39, 0.29) is 24.4 Å².